The van der Waals surface area contributed by atoms with Gasteiger partial charge in [0.15, 0.2) is 11.5 Å². The van der Waals surface area contributed by atoms with Crippen molar-refractivity contribution in [2.75, 3.05) is 5.73 Å². The smallest absolute Gasteiger partial charge is 0.382 e. The molecule has 0 aliphatic heterocycles. The number of anilines is 1. The minimum Gasteiger partial charge on any atom is -0.382 e. The fraction of sp³-hybridized carbons (Fsp3) is 0.351. The number of aromatic nitrogens is 5. The second kappa shape index (κ2) is 12.6. The van der Waals surface area contributed by atoms with Gasteiger partial charge >= 0.3 is 6.18 Å². The lowest BCUT2D eigenvalue weighted by Crippen LogP contribution is -2.36. The van der Waals surface area contributed by atoms with Crippen LogP contribution < -0.4 is 11.1 Å². The van der Waals surface area contributed by atoms with Gasteiger partial charge in [-0.1, -0.05) is 18.1 Å². The Balaban J connectivity index is 1.36. The fourth-order valence-electron chi connectivity index (χ4n) is 7.35. The van der Waals surface area contributed by atoms with Crippen LogP contribution in [0.2, 0.25) is 0 Å². The summed E-state index contributed by atoms with van der Waals surface area (Å²) in [6.07, 6.45) is -5.19. The minimum atomic E-state index is -5.05. The van der Waals surface area contributed by atoms with E-state index < -0.39 is 76.6 Å². The minimum absolute atomic E-state index is 0.0261. The van der Waals surface area contributed by atoms with Gasteiger partial charge in [-0.2, -0.15) is 32.1 Å². The number of hydrogen-bond acceptors (Lipinski definition) is 6. The van der Waals surface area contributed by atoms with Crippen molar-refractivity contribution in [1.82, 2.24) is 29.9 Å². The van der Waals surface area contributed by atoms with E-state index in [1.807, 2.05) is 0 Å². The largest absolute Gasteiger partial charge is 0.435 e. The maximum absolute atomic E-state index is 15.6. The Labute approximate surface area is 298 Å². The standard InChI is InChI=1S/C37H32F7N7O2/c1-35(2,53)12-11-21-7-8-22(23-5-4-6-25-31(23)50(3)49-34(25)45)30(46-21)27(15-18-13-19(38)16-20(39)14-18)47-28(52)17-51-33-29(32(48-51)37(42,43)44)24-9-10-26(24)36(33,40)41/h4-8,13-14,16,24,26-27,53H,9-10,15,17H2,1-3H3,(H2,45,49)(H,47,52)/t24-,26?,27?/m0/s1. The van der Waals surface area contributed by atoms with E-state index in [2.05, 4.69) is 27.4 Å². The van der Waals surface area contributed by atoms with E-state index in [1.165, 1.54) is 18.5 Å². The molecule has 53 heavy (non-hydrogen) atoms. The highest BCUT2D eigenvalue weighted by atomic mass is 19.4. The summed E-state index contributed by atoms with van der Waals surface area (Å²) in [5.41, 5.74) is 3.51. The fourth-order valence-corrected chi connectivity index (χ4v) is 7.35. The van der Waals surface area contributed by atoms with Crippen molar-refractivity contribution in [1.29, 1.82) is 0 Å². The summed E-state index contributed by atoms with van der Waals surface area (Å²) in [7, 11) is 1.66. The Hall–Kier alpha value is -5.43. The monoisotopic (exact) mass is 739 g/mol. The molecule has 0 bridgehead atoms. The molecule has 3 atom stereocenters. The van der Waals surface area contributed by atoms with E-state index >= 15 is 8.78 Å². The van der Waals surface area contributed by atoms with Gasteiger partial charge in [-0.25, -0.2) is 13.8 Å². The number of rotatable bonds is 7. The number of halogens is 7. The Morgan fingerprint density at radius 2 is 1.79 bits per heavy atom. The molecule has 2 unspecified atom stereocenters. The number of hydrogen-bond donors (Lipinski definition) is 3. The maximum atomic E-state index is 15.6. The number of alkyl halides is 5. The van der Waals surface area contributed by atoms with E-state index in [1.54, 1.807) is 37.4 Å². The lowest BCUT2D eigenvalue weighted by Gasteiger charge is -2.34. The highest BCUT2D eigenvalue weighted by Crippen LogP contribution is 2.64. The third-order valence-corrected chi connectivity index (χ3v) is 9.61. The van der Waals surface area contributed by atoms with Crippen LogP contribution in [0, 0.1) is 29.4 Å². The van der Waals surface area contributed by atoms with Crippen LogP contribution in [-0.2, 0) is 36.9 Å². The van der Waals surface area contributed by atoms with Gasteiger partial charge in [-0.3, -0.25) is 14.2 Å². The lowest BCUT2D eigenvalue weighted by molar-refractivity contribution is -0.144. The molecule has 276 valence electrons. The molecule has 5 aromatic rings. The molecule has 1 amide bonds. The zero-order chi connectivity index (χ0) is 38.2. The zero-order valence-electron chi connectivity index (χ0n) is 28.5. The number of aryl methyl sites for hydroxylation is 1. The third-order valence-electron chi connectivity index (χ3n) is 9.61. The first-order valence-corrected chi connectivity index (χ1v) is 16.6. The molecule has 7 rings (SSSR count). The molecule has 0 radical (unpaired) electrons. The predicted octanol–water partition coefficient (Wildman–Crippen LogP) is 6.53. The number of nitrogens with one attached hydrogen (secondary N) is 1. The number of amides is 1. The summed E-state index contributed by atoms with van der Waals surface area (Å²) in [5, 5.41) is 21.3. The number of aliphatic hydroxyl groups is 1. The van der Waals surface area contributed by atoms with Crippen LogP contribution in [0.5, 0.6) is 0 Å². The Bertz CT molecular complexity index is 2330. The first-order valence-electron chi connectivity index (χ1n) is 16.6. The molecule has 0 saturated heterocycles. The number of nitrogens with two attached hydrogens (primary N) is 1. The van der Waals surface area contributed by atoms with Crippen molar-refractivity contribution in [3.8, 4) is 23.0 Å². The molecule has 4 N–H and O–H groups in total. The number of benzene rings is 2. The van der Waals surface area contributed by atoms with Gasteiger partial charge in [0, 0.05) is 41.1 Å². The van der Waals surface area contributed by atoms with Gasteiger partial charge in [0.1, 0.15) is 35.2 Å². The summed E-state index contributed by atoms with van der Waals surface area (Å²) in [5.74, 6) is -3.22. The summed E-state index contributed by atoms with van der Waals surface area (Å²) >= 11 is 0. The van der Waals surface area contributed by atoms with E-state index in [0.29, 0.717) is 32.8 Å². The molecule has 16 heteroatoms. The molecular weight excluding hydrogens is 707 g/mol. The number of carbonyl (C=O) groups excluding carboxylic acids is 1. The van der Waals surface area contributed by atoms with Gasteiger partial charge in [-0.15, -0.1) is 0 Å². The Morgan fingerprint density at radius 3 is 2.43 bits per heavy atom. The second-order valence-electron chi connectivity index (χ2n) is 13.9. The molecule has 3 aromatic heterocycles. The number of pyridine rings is 1. The number of fused-ring (bicyclic) bond motifs is 4. The van der Waals surface area contributed by atoms with Gasteiger partial charge in [0.2, 0.25) is 5.91 Å². The third kappa shape index (κ3) is 6.58. The van der Waals surface area contributed by atoms with E-state index in [-0.39, 0.29) is 42.0 Å². The maximum Gasteiger partial charge on any atom is 0.435 e. The van der Waals surface area contributed by atoms with Gasteiger partial charge < -0.3 is 16.2 Å². The molecule has 3 heterocycles. The molecule has 2 aliphatic carbocycles. The first-order chi connectivity index (χ1) is 24.8. The van der Waals surface area contributed by atoms with Crippen molar-refractivity contribution in [3.05, 3.63) is 94.1 Å². The molecular formula is C37H32F7N7O2. The van der Waals surface area contributed by atoms with Crippen LogP contribution in [0.1, 0.15) is 72.6 Å². The Morgan fingerprint density at radius 1 is 1.08 bits per heavy atom. The molecule has 2 aliphatic rings. The molecule has 2 aromatic carbocycles. The van der Waals surface area contributed by atoms with E-state index in [4.69, 9.17) is 10.7 Å². The van der Waals surface area contributed by atoms with Crippen molar-refractivity contribution in [2.45, 2.75) is 69.3 Å². The van der Waals surface area contributed by atoms with Crippen LogP contribution in [0.4, 0.5) is 36.6 Å². The summed E-state index contributed by atoms with van der Waals surface area (Å²) < 4.78 is 104. The SMILES string of the molecule is Cn1nc(N)c2cccc(-c3ccc(C#CC(C)(C)O)nc3C(Cc3cc(F)cc(F)c3)NC(=O)Cn3nc(C(F)(F)F)c4c3C(F)(F)C3CC[C@H]43)c21. The lowest BCUT2D eigenvalue weighted by atomic mass is 9.73. The van der Waals surface area contributed by atoms with Crippen LogP contribution in [0.3, 0.4) is 0 Å². The van der Waals surface area contributed by atoms with Crippen molar-refractivity contribution < 1.29 is 40.6 Å². The number of carbonyl (C=O) groups is 1. The topological polar surface area (TPSA) is 124 Å². The molecule has 1 fully saturated rings. The van der Waals surface area contributed by atoms with Crippen molar-refractivity contribution in [3.63, 3.8) is 0 Å². The Kier molecular flexibility index (Phi) is 8.55. The van der Waals surface area contributed by atoms with Crippen LogP contribution in [-0.4, -0.2) is 41.2 Å². The molecule has 0 spiro atoms. The molecule has 9 nitrogen and oxygen atoms in total. The van der Waals surface area contributed by atoms with Crippen LogP contribution >= 0.6 is 0 Å². The van der Waals surface area contributed by atoms with E-state index in [9.17, 15) is 31.9 Å². The van der Waals surface area contributed by atoms with Crippen molar-refractivity contribution >= 4 is 22.6 Å². The summed E-state index contributed by atoms with van der Waals surface area (Å²) in [6, 6.07) is 9.83. The number of nitrogens with zero attached hydrogens (tertiary/aromatic N) is 5. The average Bonchev–Trinajstić information content (AvgIpc) is 3.59. The van der Waals surface area contributed by atoms with Gasteiger partial charge in [0.05, 0.1) is 17.3 Å². The normalized spacial score (nSPS) is 18.2. The quantitative estimate of drug-likeness (QED) is 0.129. The van der Waals surface area contributed by atoms with Crippen molar-refractivity contribution in [2.24, 2.45) is 13.0 Å². The number of nitrogen functional groups attached to an aromatic ring is 1. The highest BCUT2D eigenvalue weighted by Gasteiger charge is 2.63. The number of para-hydroxylation sites is 1. The average molecular weight is 740 g/mol. The highest BCUT2D eigenvalue weighted by molar-refractivity contribution is 6.00. The first kappa shape index (κ1) is 36.0. The summed E-state index contributed by atoms with van der Waals surface area (Å²) in [6.45, 7) is 1.88. The molecule has 1 saturated carbocycles. The second-order valence-corrected chi connectivity index (χ2v) is 13.9. The van der Waals surface area contributed by atoms with Gasteiger partial charge in [0.25, 0.3) is 5.92 Å². The summed E-state index contributed by atoms with van der Waals surface area (Å²) in [4.78, 5) is 18.6. The van der Waals surface area contributed by atoms with Gasteiger partial charge in [-0.05, 0) is 80.8 Å². The van der Waals surface area contributed by atoms with E-state index in [0.717, 1.165) is 12.1 Å². The predicted molar refractivity (Wildman–Crippen MR) is 179 cm³/mol. The van der Waals surface area contributed by atoms with Crippen LogP contribution in [0.15, 0.2) is 48.5 Å². The zero-order valence-corrected chi connectivity index (χ0v) is 28.5. The van der Waals surface area contributed by atoms with Crippen LogP contribution in [0.25, 0.3) is 22.0 Å².